The summed E-state index contributed by atoms with van der Waals surface area (Å²) in [6.45, 7) is 4.44. The Kier molecular flexibility index (Phi) is 1.53. The van der Waals surface area contributed by atoms with Gasteiger partial charge in [-0.15, -0.1) is 23.1 Å². The zero-order valence-corrected chi connectivity index (χ0v) is 9.26. The van der Waals surface area contributed by atoms with E-state index in [4.69, 9.17) is 0 Å². The van der Waals surface area contributed by atoms with Gasteiger partial charge in [-0.3, -0.25) is 0 Å². The van der Waals surface area contributed by atoms with E-state index in [1.165, 1.54) is 25.1 Å². The van der Waals surface area contributed by atoms with Crippen LogP contribution in [0.15, 0.2) is 17.7 Å². The molecule has 2 heterocycles. The van der Waals surface area contributed by atoms with Crippen LogP contribution < -0.4 is 9.75 Å². The summed E-state index contributed by atoms with van der Waals surface area (Å²) in [4.78, 5) is 2.93. The van der Waals surface area contributed by atoms with E-state index in [1.807, 2.05) is 23.1 Å². The van der Waals surface area contributed by atoms with Gasteiger partial charge in [0.25, 0.3) is 0 Å². The zero-order chi connectivity index (χ0) is 9.00. The standard InChI is InChI=1S/C11H10S2/c1-6-3-8-5-10-9(11(8)13-6)4-7(2)12-10/h3-6H,1-2H3. The Labute approximate surface area is 85.7 Å². The van der Waals surface area contributed by atoms with Gasteiger partial charge in [0.05, 0.1) is 0 Å². The summed E-state index contributed by atoms with van der Waals surface area (Å²) in [5.41, 5.74) is 1.46. The Bertz CT molecular complexity index is 517. The molecule has 3 rings (SSSR count). The minimum Gasteiger partial charge on any atom is -0.141 e. The summed E-state index contributed by atoms with van der Waals surface area (Å²) in [5.74, 6) is 0. The van der Waals surface area contributed by atoms with Gasteiger partial charge in [0.2, 0.25) is 0 Å². The average molecular weight is 206 g/mol. The molecular formula is C11H10S2. The molecule has 1 unspecified atom stereocenters. The van der Waals surface area contributed by atoms with E-state index in [0.717, 1.165) is 0 Å². The van der Waals surface area contributed by atoms with Crippen LogP contribution in [0.2, 0.25) is 0 Å². The smallest absolute Gasteiger partial charge is 0.0363 e. The molecule has 0 saturated carbocycles. The average Bonchev–Trinajstić information content (AvgIpc) is 2.60. The second-order valence-corrected chi connectivity index (χ2v) is 6.23. The van der Waals surface area contributed by atoms with Crippen LogP contribution in [0.25, 0.3) is 11.0 Å². The molecule has 0 nitrogen and oxygen atoms in total. The summed E-state index contributed by atoms with van der Waals surface area (Å²) < 4.78 is 1.46. The number of thiophene rings is 1. The van der Waals surface area contributed by atoms with Crippen LogP contribution in [-0.4, -0.2) is 5.25 Å². The maximum atomic E-state index is 2.36. The van der Waals surface area contributed by atoms with Crippen molar-refractivity contribution in [1.29, 1.82) is 0 Å². The van der Waals surface area contributed by atoms with Gasteiger partial charge in [0, 0.05) is 24.8 Å². The quantitative estimate of drug-likeness (QED) is 0.626. The Balaban J connectivity index is 2.37. The lowest BCUT2D eigenvalue weighted by molar-refractivity contribution is 1.26. The van der Waals surface area contributed by atoms with Gasteiger partial charge in [-0.2, -0.15) is 0 Å². The van der Waals surface area contributed by atoms with Crippen molar-refractivity contribution in [3.63, 3.8) is 0 Å². The van der Waals surface area contributed by atoms with Crippen molar-refractivity contribution in [2.75, 3.05) is 0 Å². The molecule has 13 heavy (non-hydrogen) atoms. The Morgan fingerprint density at radius 3 is 3.08 bits per heavy atom. The fraction of sp³-hybridized carbons (Fsp3) is 0.273. The van der Waals surface area contributed by atoms with Crippen molar-refractivity contribution in [2.45, 2.75) is 19.1 Å². The van der Waals surface area contributed by atoms with Crippen molar-refractivity contribution < 1.29 is 0 Å². The van der Waals surface area contributed by atoms with Crippen molar-refractivity contribution in [3.05, 3.63) is 32.3 Å². The highest BCUT2D eigenvalue weighted by Crippen LogP contribution is 2.39. The third-order valence-corrected chi connectivity index (χ3v) is 4.59. The first-order chi connectivity index (χ1) is 6.24. The number of thioether (sulfide) groups is 1. The molecular weight excluding hydrogens is 196 g/mol. The maximum absolute atomic E-state index is 2.36. The van der Waals surface area contributed by atoms with Crippen LogP contribution in [0.3, 0.4) is 0 Å². The van der Waals surface area contributed by atoms with Crippen molar-refractivity contribution in [1.82, 2.24) is 0 Å². The van der Waals surface area contributed by atoms with Gasteiger partial charge in [-0.1, -0.05) is 6.08 Å². The molecule has 1 aliphatic carbocycles. The van der Waals surface area contributed by atoms with Crippen molar-refractivity contribution in [3.8, 4) is 0 Å². The van der Waals surface area contributed by atoms with E-state index in [-0.39, 0.29) is 0 Å². The van der Waals surface area contributed by atoms with Crippen LogP contribution in [-0.2, 0) is 0 Å². The first-order valence-corrected chi connectivity index (χ1v) is 6.15. The molecule has 1 aromatic rings. The van der Waals surface area contributed by atoms with Crippen LogP contribution in [0.5, 0.6) is 0 Å². The maximum Gasteiger partial charge on any atom is 0.0363 e. The highest BCUT2D eigenvalue weighted by Gasteiger charge is 2.21. The summed E-state index contributed by atoms with van der Waals surface area (Å²) in [6.07, 6.45) is 4.70. The van der Waals surface area contributed by atoms with Gasteiger partial charge in [-0.25, -0.2) is 0 Å². The number of aryl methyl sites for hydroxylation is 1. The Hall–Kier alpha value is -0.470. The molecule has 2 aliphatic rings. The van der Waals surface area contributed by atoms with E-state index in [1.54, 1.807) is 0 Å². The van der Waals surface area contributed by atoms with Crippen LogP contribution in [0, 0.1) is 6.92 Å². The van der Waals surface area contributed by atoms with Crippen LogP contribution in [0.4, 0.5) is 0 Å². The highest BCUT2D eigenvalue weighted by atomic mass is 32.2. The molecule has 0 amide bonds. The van der Waals surface area contributed by atoms with Gasteiger partial charge in [-0.05, 0) is 31.6 Å². The fourth-order valence-corrected chi connectivity index (χ4v) is 4.10. The summed E-state index contributed by atoms with van der Waals surface area (Å²) in [7, 11) is 0. The predicted molar refractivity (Wildman–Crippen MR) is 61.3 cm³/mol. The monoisotopic (exact) mass is 206 g/mol. The molecule has 1 aliphatic heterocycles. The van der Waals surface area contributed by atoms with E-state index >= 15 is 0 Å². The minimum absolute atomic E-state index is 0.662. The molecule has 0 saturated heterocycles. The molecule has 0 fully saturated rings. The van der Waals surface area contributed by atoms with Gasteiger partial charge in [0.15, 0.2) is 0 Å². The number of hydrogen-bond donors (Lipinski definition) is 0. The molecule has 0 spiro atoms. The lowest BCUT2D eigenvalue weighted by Crippen LogP contribution is -2.14. The summed E-state index contributed by atoms with van der Waals surface area (Å²) in [5, 5.41) is 2.14. The third-order valence-electron chi connectivity index (χ3n) is 2.40. The Morgan fingerprint density at radius 1 is 1.38 bits per heavy atom. The lowest BCUT2D eigenvalue weighted by Gasteiger charge is -1.95. The Morgan fingerprint density at radius 2 is 2.23 bits per heavy atom. The van der Waals surface area contributed by atoms with Crippen molar-refractivity contribution in [2.24, 2.45) is 0 Å². The third kappa shape index (κ3) is 1.05. The largest absolute Gasteiger partial charge is 0.141 e. The molecule has 1 aromatic heterocycles. The lowest BCUT2D eigenvalue weighted by atomic mass is 10.2. The number of fused-ring (bicyclic) bond motifs is 2. The second-order valence-electron chi connectivity index (χ2n) is 3.55. The fourth-order valence-electron chi connectivity index (χ4n) is 1.91. The van der Waals surface area contributed by atoms with Gasteiger partial charge in [0.1, 0.15) is 0 Å². The molecule has 0 aromatic carbocycles. The molecule has 0 N–H and O–H groups in total. The molecule has 1 atom stereocenters. The molecule has 66 valence electrons. The highest BCUT2D eigenvalue weighted by molar-refractivity contribution is 8.09. The predicted octanol–water partition coefficient (Wildman–Crippen LogP) is 2.02. The summed E-state index contributed by atoms with van der Waals surface area (Å²) >= 11 is 3.90. The van der Waals surface area contributed by atoms with Gasteiger partial charge < -0.3 is 0 Å². The summed E-state index contributed by atoms with van der Waals surface area (Å²) in [6, 6.07) is 2.32. The topological polar surface area (TPSA) is 0 Å². The molecule has 2 heteroatoms. The van der Waals surface area contributed by atoms with E-state index in [9.17, 15) is 0 Å². The minimum atomic E-state index is 0.662. The number of hydrogen-bond acceptors (Lipinski definition) is 2. The SMILES string of the molecule is Cc1cc2c(s1)=CC1=CC(C)SC=21. The van der Waals surface area contributed by atoms with Crippen molar-refractivity contribution >= 4 is 34.1 Å². The zero-order valence-electron chi connectivity index (χ0n) is 7.63. The van der Waals surface area contributed by atoms with Crippen LogP contribution in [0.1, 0.15) is 11.8 Å². The number of rotatable bonds is 0. The normalized spacial score (nSPS) is 24.0. The van der Waals surface area contributed by atoms with Crippen LogP contribution >= 0.6 is 23.1 Å². The van der Waals surface area contributed by atoms with E-state index in [2.05, 4.69) is 32.1 Å². The molecule has 0 bridgehead atoms. The first kappa shape index (κ1) is 7.89. The first-order valence-electron chi connectivity index (χ1n) is 4.45. The van der Waals surface area contributed by atoms with Gasteiger partial charge >= 0.3 is 0 Å². The van der Waals surface area contributed by atoms with E-state index in [0.29, 0.717) is 5.25 Å². The van der Waals surface area contributed by atoms with E-state index < -0.39 is 0 Å². The second kappa shape index (κ2) is 2.52. The molecule has 0 radical (unpaired) electrons.